The molecule has 18 heavy (non-hydrogen) atoms. The molecule has 2 rings (SSSR count). The first-order chi connectivity index (χ1) is 8.81. The van der Waals surface area contributed by atoms with Gasteiger partial charge in [0.05, 0.1) is 23.0 Å². The zero-order valence-corrected chi connectivity index (χ0v) is 11.3. The highest BCUT2D eigenvalue weighted by molar-refractivity contribution is 7.98. The van der Waals surface area contributed by atoms with Crippen LogP contribution in [0.5, 0.6) is 0 Å². The molecular weight excluding hydrogens is 244 g/mol. The van der Waals surface area contributed by atoms with E-state index in [1.54, 1.807) is 18.0 Å². The van der Waals surface area contributed by atoms with Crippen LogP contribution in [-0.4, -0.2) is 11.0 Å². The molecule has 2 atom stereocenters. The zero-order chi connectivity index (χ0) is 12.8. The van der Waals surface area contributed by atoms with Crippen LogP contribution in [0.25, 0.3) is 0 Å². The van der Waals surface area contributed by atoms with E-state index in [0.717, 1.165) is 23.6 Å². The van der Waals surface area contributed by atoms with Gasteiger partial charge in [0.1, 0.15) is 5.76 Å². The van der Waals surface area contributed by atoms with Gasteiger partial charge in [-0.25, -0.2) is 0 Å². The Morgan fingerprint density at radius 1 is 1.33 bits per heavy atom. The fourth-order valence-corrected chi connectivity index (χ4v) is 3.01. The van der Waals surface area contributed by atoms with Gasteiger partial charge in [-0.2, -0.15) is 0 Å². The zero-order valence-electron chi connectivity index (χ0n) is 10.5. The van der Waals surface area contributed by atoms with Crippen molar-refractivity contribution < 1.29 is 4.42 Å². The molecule has 96 valence electrons. The maximum atomic E-state index is 6.20. The molecule has 0 aliphatic carbocycles. The van der Waals surface area contributed by atoms with Crippen LogP contribution in [0.2, 0.25) is 0 Å². The van der Waals surface area contributed by atoms with E-state index >= 15 is 0 Å². The van der Waals surface area contributed by atoms with Crippen molar-refractivity contribution in [3.8, 4) is 0 Å². The molecule has 4 heteroatoms. The second-order valence-corrected chi connectivity index (χ2v) is 5.27. The third kappa shape index (κ3) is 3.37. The molecule has 0 fully saturated rings. The average Bonchev–Trinajstić information content (AvgIpc) is 2.93. The van der Waals surface area contributed by atoms with Gasteiger partial charge in [-0.05, 0) is 30.7 Å². The van der Waals surface area contributed by atoms with Gasteiger partial charge in [0, 0.05) is 12.2 Å². The third-order valence-corrected chi connectivity index (χ3v) is 4.23. The smallest absolute Gasteiger partial charge is 0.113 e. The van der Waals surface area contributed by atoms with Crippen molar-refractivity contribution in [2.75, 3.05) is 0 Å². The first-order valence-corrected chi connectivity index (χ1v) is 7.16. The van der Waals surface area contributed by atoms with Crippen LogP contribution in [0.15, 0.2) is 47.2 Å². The average molecular weight is 262 g/mol. The van der Waals surface area contributed by atoms with Gasteiger partial charge in [0.25, 0.3) is 0 Å². The van der Waals surface area contributed by atoms with Crippen molar-refractivity contribution >= 4 is 11.8 Å². The summed E-state index contributed by atoms with van der Waals surface area (Å²) >= 11 is 1.78. The van der Waals surface area contributed by atoms with E-state index in [9.17, 15) is 0 Å². The summed E-state index contributed by atoms with van der Waals surface area (Å²) in [5.41, 5.74) is 7.24. The number of hydrogen-bond acceptors (Lipinski definition) is 4. The molecule has 2 unspecified atom stereocenters. The fraction of sp³-hybridized carbons (Fsp3) is 0.357. The van der Waals surface area contributed by atoms with E-state index in [-0.39, 0.29) is 11.3 Å². The van der Waals surface area contributed by atoms with Crippen LogP contribution < -0.4 is 5.73 Å². The van der Waals surface area contributed by atoms with E-state index in [2.05, 4.69) is 11.9 Å². The van der Waals surface area contributed by atoms with Crippen molar-refractivity contribution in [1.82, 2.24) is 4.98 Å². The van der Waals surface area contributed by atoms with Gasteiger partial charge in [0.2, 0.25) is 0 Å². The number of nitrogens with two attached hydrogens (primary N) is 1. The van der Waals surface area contributed by atoms with Gasteiger partial charge in [-0.3, -0.25) is 4.98 Å². The van der Waals surface area contributed by atoms with E-state index < -0.39 is 0 Å². The summed E-state index contributed by atoms with van der Waals surface area (Å²) in [6.45, 7) is 2.11. The van der Waals surface area contributed by atoms with Crippen LogP contribution in [0.1, 0.15) is 30.0 Å². The van der Waals surface area contributed by atoms with Crippen molar-refractivity contribution in [3.05, 3.63) is 54.2 Å². The lowest BCUT2D eigenvalue weighted by Crippen LogP contribution is -2.26. The van der Waals surface area contributed by atoms with Crippen LogP contribution in [0, 0.1) is 0 Å². The molecule has 2 aromatic rings. The van der Waals surface area contributed by atoms with E-state index in [0.29, 0.717) is 0 Å². The predicted molar refractivity (Wildman–Crippen MR) is 75.2 cm³/mol. The number of hydrogen-bond donors (Lipinski definition) is 1. The molecule has 0 bridgehead atoms. The number of nitrogens with zero attached hydrogens (tertiary/aromatic N) is 1. The fourth-order valence-electron chi connectivity index (χ4n) is 1.75. The molecule has 0 radical (unpaired) electrons. The summed E-state index contributed by atoms with van der Waals surface area (Å²) in [7, 11) is 0. The lowest BCUT2D eigenvalue weighted by molar-refractivity contribution is 0.529. The quantitative estimate of drug-likeness (QED) is 0.867. The van der Waals surface area contributed by atoms with E-state index in [1.165, 1.54) is 0 Å². The van der Waals surface area contributed by atoms with Gasteiger partial charge < -0.3 is 10.2 Å². The second-order valence-electron chi connectivity index (χ2n) is 4.14. The number of rotatable bonds is 6. The molecule has 0 aliphatic heterocycles. The summed E-state index contributed by atoms with van der Waals surface area (Å²) in [6.07, 6.45) is 4.45. The topological polar surface area (TPSA) is 52.0 Å². The maximum absolute atomic E-state index is 6.20. The molecule has 0 saturated carbocycles. The van der Waals surface area contributed by atoms with Crippen LogP contribution in [-0.2, 0) is 5.75 Å². The van der Waals surface area contributed by atoms with Crippen molar-refractivity contribution in [1.29, 1.82) is 0 Å². The lowest BCUT2D eigenvalue weighted by Gasteiger charge is -2.21. The Morgan fingerprint density at radius 2 is 2.22 bits per heavy atom. The molecule has 3 nitrogen and oxygen atoms in total. The molecule has 0 amide bonds. The predicted octanol–water partition coefficient (Wildman–Crippen LogP) is 3.39. The minimum absolute atomic E-state index is 0.111. The normalized spacial score (nSPS) is 14.3. The number of thioether (sulfide) groups is 1. The molecule has 2 heterocycles. The molecule has 0 saturated heterocycles. The number of furan rings is 1. The van der Waals surface area contributed by atoms with Crippen LogP contribution in [0.4, 0.5) is 0 Å². The molecule has 0 spiro atoms. The van der Waals surface area contributed by atoms with E-state index in [4.69, 9.17) is 10.2 Å². The lowest BCUT2D eigenvalue weighted by atomic mass is 10.1. The summed E-state index contributed by atoms with van der Waals surface area (Å²) in [6, 6.07) is 9.97. The summed E-state index contributed by atoms with van der Waals surface area (Å²) < 4.78 is 5.35. The Labute approximate surface area is 112 Å². The largest absolute Gasteiger partial charge is 0.468 e. The highest BCUT2D eigenvalue weighted by Gasteiger charge is 2.20. The SMILES string of the molecule is CCC(N)C(SCc1ccco1)c1ccccn1. The molecule has 0 aromatic carbocycles. The van der Waals surface area contributed by atoms with Crippen molar-refractivity contribution in [2.45, 2.75) is 30.4 Å². The molecule has 2 aromatic heterocycles. The Balaban J connectivity index is 2.06. The van der Waals surface area contributed by atoms with Gasteiger partial charge in [-0.15, -0.1) is 11.8 Å². The highest BCUT2D eigenvalue weighted by Crippen LogP contribution is 2.33. The molecule has 0 aliphatic rings. The second kappa shape index (κ2) is 6.61. The highest BCUT2D eigenvalue weighted by atomic mass is 32.2. The maximum Gasteiger partial charge on any atom is 0.113 e. The number of pyridine rings is 1. The van der Waals surface area contributed by atoms with Crippen LogP contribution >= 0.6 is 11.8 Å². The third-order valence-electron chi connectivity index (χ3n) is 2.82. The van der Waals surface area contributed by atoms with Gasteiger partial charge >= 0.3 is 0 Å². The standard InChI is InChI=1S/C14H18N2OS/c1-2-12(15)14(13-7-3-4-8-16-13)18-10-11-6-5-9-17-11/h3-9,12,14H,2,10,15H2,1H3. The van der Waals surface area contributed by atoms with Crippen LogP contribution in [0.3, 0.4) is 0 Å². The molecular formula is C14H18N2OS. The first kappa shape index (κ1) is 13.2. The summed E-state index contributed by atoms with van der Waals surface area (Å²) in [5, 5.41) is 0.210. The van der Waals surface area contributed by atoms with E-state index in [1.807, 2.05) is 36.5 Å². The van der Waals surface area contributed by atoms with Gasteiger partial charge in [0.15, 0.2) is 0 Å². The minimum Gasteiger partial charge on any atom is -0.468 e. The first-order valence-electron chi connectivity index (χ1n) is 6.11. The molecule has 2 N–H and O–H groups in total. The Hall–Kier alpha value is -1.26. The Morgan fingerprint density at radius 3 is 2.83 bits per heavy atom. The Kier molecular flexibility index (Phi) is 4.84. The minimum atomic E-state index is 0.111. The summed E-state index contributed by atoms with van der Waals surface area (Å²) in [4.78, 5) is 4.42. The monoisotopic (exact) mass is 262 g/mol. The van der Waals surface area contributed by atoms with Crippen molar-refractivity contribution in [3.63, 3.8) is 0 Å². The summed E-state index contributed by atoms with van der Waals surface area (Å²) in [5.74, 6) is 1.80. The Bertz CT molecular complexity index is 444. The van der Waals surface area contributed by atoms with Crippen molar-refractivity contribution in [2.24, 2.45) is 5.73 Å². The van der Waals surface area contributed by atoms with Gasteiger partial charge in [-0.1, -0.05) is 13.0 Å². The number of aromatic nitrogens is 1.